The van der Waals surface area contributed by atoms with Crippen molar-refractivity contribution in [3.8, 4) is 33.6 Å². The van der Waals surface area contributed by atoms with Gasteiger partial charge in [-0.05, 0) is 135 Å². The summed E-state index contributed by atoms with van der Waals surface area (Å²) in [5, 5.41) is 10.1. The Morgan fingerprint density at radius 1 is 0.446 bits per heavy atom. The number of aryl methyl sites for hydroxylation is 1. The molecular weight excluding hydrogens is 677 g/mol. The number of para-hydroxylation sites is 2. The molecule has 1 aliphatic rings. The lowest BCUT2D eigenvalue weighted by Gasteiger charge is -2.22. The fourth-order valence-electron chi connectivity index (χ4n) is 9.54. The Morgan fingerprint density at radius 2 is 1.09 bits per heavy atom. The topological polar surface area (TPSA) is 9.86 Å². The molecule has 2 aromatic heterocycles. The summed E-state index contributed by atoms with van der Waals surface area (Å²) in [6.07, 6.45) is 6.72. The van der Waals surface area contributed by atoms with Crippen LogP contribution in [0.1, 0.15) is 17.5 Å². The number of benzene rings is 8. The Kier molecular flexibility index (Phi) is 6.70. The van der Waals surface area contributed by atoms with Gasteiger partial charge in [0.1, 0.15) is 5.52 Å². The quantitative estimate of drug-likeness (QED) is 0.161. The number of hydrogen-bond acceptors (Lipinski definition) is 0. The first-order chi connectivity index (χ1) is 27.8. The number of aromatic nitrogens is 2. The average molecular weight is 711 g/mol. The van der Waals surface area contributed by atoms with E-state index in [1.165, 1.54) is 104 Å². The first-order valence-electron chi connectivity index (χ1n) is 19.5. The van der Waals surface area contributed by atoms with Crippen molar-refractivity contribution in [3.63, 3.8) is 0 Å². The normalized spacial score (nSPS) is 12.6. The molecule has 0 unspecified atom stereocenters. The Bertz CT molecular complexity index is 3400. The summed E-state index contributed by atoms with van der Waals surface area (Å²) in [5.41, 5.74) is 14.6. The van der Waals surface area contributed by atoms with Gasteiger partial charge < -0.3 is 9.13 Å². The highest BCUT2D eigenvalue weighted by Crippen LogP contribution is 2.44. The molecule has 0 aliphatic heterocycles. The molecule has 0 spiro atoms. The van der Waals surface area contributed by atoms with Gasteiger partial charge >= 0.3 is 0 Å². The Balaban J connectivity index is 1.13. The van der Waals surface area contributed by atoms with Crippen LogP contribution >= 0.6 is 0 Å². The summed E-state index contributed by atoms with van der Waals surface area (Å²) in [4.78, 5) is 0. The Morgan fingerprint density at radius 3 is 1.89 bits per heavy atom. The van der Waals surface area contributed by atoms with Crippen molar-refractivity contribution in [1.29, 1.82) is 0 Å². The van der Waals surface area contributed by atoms with E-state index in [0.717, 1.165) is 18.4 Å². The van der Waals surface area contributed by atoms with Crippen LogP contribution in [0.2, 0.25) is 0 Å². The molecule has 1 aliphatic carbocycles. The molecule has 0 atom stereocenters. The van der Waals surface area contributed by atoms with Gasteiger partial charge in [0.2, 0.25) is 0 Å². The molecule has 2 heterocycles. The van der Waals surface area contributed by atoms with Gasteiger partial charge in [0, 0.05) is 32.6 Å². The van der Waals surface area contributed by atoms with Crippen molar-refractivity contribution in [2.45, 2.75) is 12.8 Å². The van der Waals surface area contributed by atoms with Crippen LogP contribution < -0.4 is 0 Å². The van der Waals surface area contributed by atoms with Gasteiger partial charge in [0.05, 0.1) is 22.2 Å². The summed E-state index contributed by atoms with van der Waals surface area (Å²) < 4.78 is 4.84. The zero-order chi connectivity index (χ0) is 36.7. The molecule has 2 nitrogen and oxygen atoms in total. The first-order valence-corrected chi connectivity index (χ1v) is 19.5. The Hall–Kier alpha value is -7.34. The molecule has 0 radical (unpaired) electrons. The lowest BCUT2D eigenvalue weighted by molar-refractivity contribution is 0.998. The van der Waals surface area contributed by atoms with E-state index in [1.807, 2.05) is 6.07 Å². The molecule has 11 aromatic rings. The van der Waals surface area contributed by atoms with E-state index in [-0.39, 0.29) is 0 Å². The van der Waals surface area contributed by atoms with E-state index in [0.29, 0.717) is 0 Å². The van der Waals surface area contributed by atoms with E-state index in [1.54, 1.807) is 0 Å². The maximum Gasteiger partial charge on any atom is 0.105 e. The van der Waals surface area contributed by atoms with Crippen LogP contribution in [-0.4, -0.2) is 9.13 Å². The van der Waals surface area contributed by atoms with E-state index in [9.17, 15) is 0 Å². The number of hydrogen-bond donors (Lipinski definition) is 0. The van der Waals surface area contributed by atoms with Crippen molar-refractivity contribution in [2.75, 3.05) is 0 Å². The summed E-state index contributed by atoms with van der Waals surface area (Å²) in [5.74, 6) is 0. The zero-order valence-corrected chi connectivity index (χ0v) is 30.6. The molecule has 9 aromatic carbocycles. The van der Waals surface area contributed by atoms with Gasteiger partial charge in [-0.3, -0.25) is 0 Å². The fraction of sp³-hybridized carbons (Fsp3) is 0.0370. The van der Waals surface area contributed by atoms with Gasteiger partial charge in [0.25, 0.3) is 0 Å². The monoisotopic (exact) mass is 710 g/mol. The second-order valence-corrected chi connectivity index (χ2v) is 15.0. The number of nitrogens with zero attached hydrogens (tertiary/aromatic N) is 2. The molecular formula is C54H34N2. The summed E-state index contributed by atoms with van der Waals surface area (Å²) >= 11 is 0. The minimum atomic E-state index is 1.01. The van der Waals surface area contributed by atoms with Gasteiger partial charge in [-0.15, -0.1) is 0 Å². The third kappa shape index (κ3) is 4.52. The number of fused-ring (bicyclic) bond motifs is 12. The first kappa shape index (κ1) is 31.1. The summed E-state index contributed by atoms with van der Waals surface area (Å²) in [7, 11) is 0. The fourth-order valence-corrected chi connectivity index (χ4v) is 9.54. The summed E-state index contributed by atoms with van der Waals surface area (Å²) in [6, 6.07) is 69.1. The maximum absolute atomic E-state index is 3.59. The molecule has 0 saturated heterocycles. The minimum Gasteiger partial charge on any atom is -0.309 e. The van der Waals surface area contributed by atoms with Gasteiger partial charge in [-0.2, -0.15) is 0 Å². The highest BCUT2D eigenvalue weighted by molar-refractivity contribution is 6.19. The van der Waals surface area contributed by atoms with E-state index in [2.05, 4.69) is 197 Å². The predicted molar refractivity (Wildman–Crippen MR) is 236 cm³/mol. The van der Waals surface area contributed by atoms with E-state index in [4.69, 9.17) is 0 Å². The van der Waals surface area contributed by atoms with Crippen LogP contribution in [0.15, 0.2) is 176 Å². The predicted octanol–water partition coefficient (Wildman–Crippen LogP) is 14.1. The molecule has 12 rings (SSSR count). The van der Waals surface area contributed by atoms with Gasteiger partial charge in [0.15, 0.2) is 0 Å². The van der Waals surface area contributed by atoms with Crippen LogP contribution in [0.5, 0.6) is 0 Å². The van der Waals surface area contributed by atoms with Crippen LogP contribution in [0.4, 0.5) is 0 Å². The van der Waals surface area contributed by atoms with E-state index < -0.39 is 0 Å². The van der Waals surface area contributed by atoms with Gasteiger partial charge in [-0.1, -0.05) is 121 Å². The van der Waals surface area contributed by atoms with Crippen LogP contribution in [0, 0.1) is 12.1 Å². The number of allylic oxidation sites excluding steroid dienone is 1. The van der Waals surface area contributed by atoms with Crippen LogP contribution in [0.25, 0.3) is 105 Å². The molecule has 56 heavy (non-hydrogen) atoms. The van der Waals surface area contributed by atoms with Crippen molar-refractivity contribution in [1.82, 2.24) is 9.13 Å². The van der Waals surface area contributed by atoms with Crippen LogP contribution in [-0.2, 0) is 6.42 Å². The molecule has 0 fully saturated rings. The molecule has 0 bridgehead atoms. The third-order valence-electron chi connectivity index (χ3n) is 12.0. The molecule has 0 N–H and O–H groups in total. The lowest BCUT2D eigenvalue weighted by atomic mass is 9.85. The zero-order valence-electron chi connectivity index (χ0n) is 30.6. The second-order valence-electron chi connectivity index (χ2n) is 15.0. The minimum absolute atomic E-state index is 1.01. The van der Waals surface area contributed by atoms with Crippen molar-refractivity contribution in [2.24, 2.45) is 0 Å². The Labute approximate surface area is 324 Å². The highest BCUT2D eigenvalue weighted by atomic mass is 15.0. The SMILES string of the molecule is c1ccc2c3cc(-c4ccc5c(c4)c4ccccc4n5-c4ccccc4)ccc3n(-c3cc(-c4ccccc4)cc4c3c3c(c5ccccc54)C=CCC3)c2c#1. The van der Waals surface area contributed by atoms with Crippen LogP contribution in [0.3, 0.4) is 0 Å². The largest absolute Gasteiger partial charge is 0.309 e. The summed E-state index contributed by atoms with van der Waals surface area (Å²) in [6.45, 7) is 0. The van der Waals surface area contributed by atoms with Crippen molar-refractivity contribution in [3.05, 3.63) is 199 Å². The third-order valence-corrected chi connectivity index (χ3v) is 12.0. The molecule has 0 saturated carbocycles. The van der Waals surface area contributed by atoms with E-state index >= 15 is 0 Å². The van der Waals surface area contributed by atoms with Crippen molar-refractivity contribution < 1.29 is 0 Å². The standard InChI is InChI=1S/C54H34N2/c1-3-15-35(16-4-1)38-33-48-42-21-8-7-19-40(42)41-20-9-10-24-45(41)54(48)53(34-38)56-50-26-14-12-23-44(50)47-32-37(28-30-52(47)56)36-27-29-51-46(31-36)43-22-11-13-25-49(43)55(51)39-17-5-2-6-18-39/h1-9,11-13,15-23,25,27-34H,10,24H2. The smallest absolute Gasteiger partial charge is 0.105 e. The molecule has 2 heteroatoms. The van der Waals surface area contributed by atoms with Gasteiger partial charge in [-0.25, -0.2) is 0 Å². The van der Waals surface area contributed by atoms with Crippen molar-refractivity contribution >= 4 is 71.2 Å². The maximum atomic E-state index is 3.59. The lowest BCUT2D eigenvalue weighted by Crippen LogP contribution is -2.03. The average Bonchev–Trinajstić information content (AvgIpc) is 3.79. The molecule has 260 valence electrons. The highest BCUT2D eigenvalue weighted by Gasteiger charge is 2.23. The second kappa shape index (κ2) is 12.1. The number of rotatable bonds is 4. The molecule has 0 amide bonds.